The molecule has 0 radical (unpaired) electrons. The molecule has 20 heavy (non-hydrogen) atoms. The van der Waals surface area contributed by atoms with Gasteiger partial charge in [-0.2, -0.15) is 18.2 Å². The highest BCUT2D eigenvalue weighted by atomic mass is 32.2. The monoisotopic (exact) mass is 306 g/mol. The van der Waals surface area contributed by atoms with Gasteiger partial charge in [0.15, 0.2) is 9.91 Å². The van der Waals surface area contributed by atoms with Gasteiger partial charge in [-0.05, 0) is 43.9 Å². The third-order valence-electron chi connectivity index (χ3n) is 4.85. The number of alkyl halides is 3. The number of carbonyl (C=O) groups excluding carboxylic acids is 1. The standard InChI is InChI=1S/C13H17F3N2OS/c1-12(13(14,15)16)10(19)18-11(20-12)17-6-9-5-7-2-3-8(9)4-7/h7-9H,2-6H2,1H3,(H,17,18,19)/t7-,8+,9?,12-/m1/s1. The first kappa shape index (κ1) is 14.2. The van der Waals surface area contributed by atoms with Gasteiger partial charge in [0.1, 0.15) is 0 Å². The Bertz CT molecular complexity index is 465. The predicted molar refractivity (Wildman–Crippen MR) is 71.4 cm³/mol. The van der Waals surface area contributed by atoms with Crippen LogP contribution in [0.4, 0.5) is 13.2 Å². The molecule has 2 aliphatic carbocycles. The lowest BCUT2D eigenvalue weighted by Crippen LogP contribution is -2.44. The summed E-state index contributed by atoms with van der Waals surface area (Å²) in [6.07, 6.45) is 0.358. The van der Waals surface area contributed by atoms with Crippen molar-refractivity contribution in [3.05, 3.63) is 0 Å². The summed E-state index contributed by atoms with van der Waals surface area (Å²) in [6, 6.07) is 0. The van der Waals surface area contributed by atoms with Crippen molar-refractivity contribution in [2.75, 3.05) is 6.54 Å². The summed E-state index contributed by atoms with van der Waals surface area (Å²) in [7, 11) is 0. The largest absolute Gasteiger partial charge is 0.412 e. The van der Waals surface area contributed by atoms with Crippen molar-refractivity contribution in [1.29, 1.82) is 0 Å². The molecule has 1 amide bonds. The summed E-state index contributed by atoms with van der Waals surface area (Å²) >= 11 is 0.496. The molecule has 2 bridgehead atoms. The van der Waals surface area contributed by atoms with Gasteiger partial charge in [0.2, 0.25) is 0 Å². The second-order valence-corrected chi connectivity index (χ2v) is 7.58. The fourth-order valence-corrected chi connectivity index (χ4v) is 4.48. The minimum atomic E-state index is -4.58. The van der Waals surface area contributed by atoms with Gasteiger partial charge >= 0.3 is 6.18 Å². The highest BCUT2D eigenvalue weighted by Gasteiger charge is 2.61. The van der Waals surface area contributed by atoms with Crippen LogP contribution in [-0.2, 0) is 4.79 Å². The van der Waals surface area contributed by atoms with Crippen LogP contribution in [0.2, 0.25) is 0 Å². The molecule has 3 nitrogen and oxygen atoms in total. The molecule has 4 atom stereocenters. The third-order valence-corrected chi connectivity index (χ3v) is 6.10. The Morgan fingerprint density at radius 3 is 2.65 bits per heavy atom. The van der Waals surface area contributed by atoms with Gasteiger partial charge in [0.05, 0.1) is 0 Å². The van der Waals surface area contributed by atoms with Gasteiger partial charge in [-0.1, -0.05) is 18.2 Å². The molecule has 1 aliphatic heterocycles. The van der Waals surface area contributed by atoms with Gasteiger partial charge in [0.25, 0.3) is 5.91 Å². The number of nitrogens with zero attached hydrogens (tertiary/aromatic N) is 1. The number of fused-ring (bicyclic) bond motifs is 2. The fourth-order valence-electron chi connectivity index (χ4n) is 3.56. The maximum Gasteiger partial charge on any atom is 0.412 e. The number of amidine groups is 1. The van der Waals surface area contributed by atoms with E-state index in [4.69, 9.17) is 0 Å². The minimum Gasteiger partial charge on any atom is -0.364 e. The average molecular weight is 306 g/mol. The maximum absolute atomic E-state index is 12.9. The van der Waals surface area contributed by atoms with Crippen LogP contribution in [0.3, 0.4) is 0 Å². The smallest absolute Gasteiger partial charge is 0.364 e. The zero-order valence-electron chi connectivity index (χ0n) is 11.2. The molecule has 7 heteroatoms. The van der Waals surface area contributed by atoms with Crippen LogP contribution in [0.25, 0.3) is 0 Å². The van der Waals surface area contributed by atoms with Crippen molar-refractivity contribution in [3.63, 3.8) is 0 Å². The Morgan fingerprint density at radius 2 is 2.15 bits per heavy atom. The second-order valence-electron chi connectivity index (χ2n) is 6.17. The summed E-state index contributed by atoms with van der Waals surface area (Å²) in [5, 5.41) is 3.08. The van der Waals surface area contributed by atoms with Crippen LogP contribution >= 0.6 is 11.8 Å². The Hall–Kier alpha value is -0.720. The molecule has 112 valence electrons. The van der Waals surface area contributed by atoms with Crippen molar-refractivity contribution < 1.29 is 18.0 Å². The molecule has 2 saturated carbocycles. The van der Waals surface area contributed by atoms with Crippen LogP contribution in [0.5, 0.6) is 0 Å². The number of rotatable bonds is 2. The molecule has 3 rings (SSSR count). The van der Waals surface area contributed by atoms with E-state index >= 15 is 0 Å². The van der Waals surface area contributed by atoms with E-state index in [1.54, 1.807) is 0 Å². The lowest BCUT2D eigenvalue weighted by molar-refractivity contribution is -0.165. The summed E-state index contributed by atoms with van der Waals surface area (Å²) < 4.78 is 36.2. The fraction of sp³-hybridized carbons (Fsp3) is 0.846. The van der Waals surface area contributed by atoms with Gasteiger partial charge in [-0.15, -0.1) is 0 Å². The average Bonchev–Trinajstić information content (AvgIpc) is 3.01. The van der Waals surface area contributed by atoms with Crippen LogP contribution < -0.4 is 5.32 Å². The van der Waals surface area contributed by atoms with E-state index in [0.717, 1.165) is 19.3 Å². The van der Waals surface area contributed by atoms with Gasteiger partial charge in [-0.3, -0.25) is 4.79 Å². The normalized spacial score (nSPS) is 40.3. The molecular formula is C13H17F3N2OS. The Morgan fingerprint density at radius 1 is 1.40 bits per heavy atom. The second kappa shape index (κ2) is 4.64. The molecule has 0 saturated heterocycles. The summed E-state index contributed by atoms with van der Waals surface area (Å²) in [5.74, 6) is 0.909. The number of nitrogens with one attached hydrogen (secondary N) is 1. The number of aliphatic imine (C=N–C) groups is 1. The maximum atomic E-state index is 12.9. The van der Waals surface area contributed by atoms with E-state index in [1.807, 2.05) is 0 Å². The molecule has 0 aromatic rings. The molecule has 0 aromatic carbocycles. The lowest BCUT2D eigenvalue weighted by Gasteiger charge is -2.24. The molecule has 1 heterocycles. The molecule has 0 aromatic heterocycles. The minimum absolute atomic E-state index is 0.123. The van der Waals surface area contributed by atoms with E-state index < -0.39 is 16.8 Å². The van der Waals surface area contributed by atoms with Gasteiger partial charge in [-0.25, -0.2) is 0 Å². The molecular weight excluding hydrogens is 289 g/mol. The number of hydrogen-bond acceptors (Lipinski definition) is 3. The van der Waals surface area contributed by atoms with E-state index in [1.165, 1.54) is 19.3 Å². The van der Waals surface area contributed by atoms with Crippen molar-refractivity contribution >= 4 is 22.8 Å². The van der Waals surface area contributed by atoms with Gasteiger partial charge in [0, 0.05) is 6.54 Å². The van der Waals surface area contributed by atoms with E-state index in [9.17, 15) is 18.0 Å². The van der Waals surface area contributed by atoms with Crippen LogP contribution in [0.1, 0.15) is 32.6 Å². The SMILES string of the molecule is C[C@@]1(C(F)(F)F)SC(NCC2C[C@@H]3CC[C@H]2C3)=NC1=O. The van der Waals surface area contributed by atoms with Crippen LogP contribution in [0, 0.1) is 17.8 Å². The van der Waals surface area contributed by atoms with Crippen LogP contribution in [0.15, 0.2) is 4.99 Å². The van der Waals surface area contributed by atoms with Crippen LogP contribution in [-0.4, -0.2) is 28.5 Å². The molecule has 1 unspecified atom stereocenters. The van der Waals surface area contributed by atoms with E-state index in [-0.39, 0.29) is 5.17 Å². The number of amides is 1. The number of thioether (sulfide) groups is 1. The number of carbonyl (C=O) groups is 1. The van der Waals surface area contributed by atoms with Crippen molar-refractivity contribution in [3.8, 4) is 0 Å². The molecule has 1 N–H and O–H groups in total. The summed E-state index contributed by atoms with van der Waals surface area (Å²) in [5.41, 5.74) is 0. The number of hydrogen-bond donors (Lipinski definition) is 1. The Kier molecular flexibility index (Phi) is 3.30. The zero-order chi connectivity index (χ0) is 14.5. The predicted octanol–water partition coefficient (Wildman–Crippen LogP) is 2.96. The highest BCUT2D eigenvalue weighted by molar-refractivity contribution is 8.16. The Labute approximate surface area is 119 Å². The van der Waals surface area contributed by atoms with Crippen molar-refractivity contribution in [2.45, 2.75) is 43.5 Å². The quantitative estimate of drug-likeness (QED) is 0.853. The van der Waals surface area contributed by atoms with Crippen molar-refractivity contribution in [2.24, 2.45) is 22.7 Å². The molecule has 2 fully saturated rings. The highest BCUT2D eigenvalue weighted by Crippen LogP contribution is 2.49. The first-order valence-corrected chi connectivity index (χ1v) is 7.74. The summed E-state index contributed by atoms with van der Waals surface area (Å²) in [6.45, 7) is 1.53. The molecule has 0 spiro atoms. The van der Waals surface area contributed by atoms with E-state index in [0.29, 0.717) is 30.1 Å². The van der Waals surface area contributed by atoms with Gasteiger partial charge < -0.3 is 5.32 Å². The summed E-state index contributed by atoms with van der Waals surface area (Å²) in [4.78, 5) is 15.0. The first-order chi connectivity index (χ1) is 9.29. The number of halogens is 3. The Balaban J connectivity index is 1.57. The molecule has 3 aliphatic rings. The van der Waals surface area contributed by atoms with E-state index in [2.05, 4.69) is 10.3 Å². The first-order valence-electron chi connectivity index (χ1n) is 6.92. The zero-order valence-corrected chi connectivity index (χ0v) is 12.0. The van der Waals surface area contributed by atoms with Crippen molar-refractivity contribution in [1.82, 2.24) is 5.32 Å². The lowest BCUT2D eigenvalue weighted by atomic mass is 9.89. The third kappa shape index (κ3) is 2.23. The topological polar surface area (TPSA) is 41.5 Å².